The van der Waals surface area contributed by atoms with E-state index in [4.69, 9.17) is 10.00 Å². The molecule has 1 aromatic carbocycles. The zero-order chi connectivity index (χ0) is 16.1. The van der Waals surface area contributed by atoms with Crippen LogP contribution in [0.15, 0.2) is 24.3 Å². The number of aromatic nitrogens is 1. The lowest BCUT2D eigenvalue weighted by atomic mass is 10.2. The number of rotatable bonds is 5. The highest BCUT2D eigenvalue weighted by molar-refractivity contribution is 7.15. The van der Waals surface area contributed by atoms with Crippen molar-refractivity contribution in [3.05, 3.63) is 40.4 Å². The predicted octanol–water partition coefficient (Wildman–Crippen LogP) is 3.29. The molecule has 2 rings (SSSR count). The highest BCUT2D eigenvalue weighted by Gasteiger charge is 2.17. The molecule has 6 heteroatoms. The molecule has 0 fully saturated rings. The fraction of sp³-hybridized carbons (Fsp3) is 0.312. The molecule has 2 aromatic rings. The number of hydrogen-bond acceptors (Lipinski definition) is 5. The molecule has 1 amide bonds. The minimum absolute atomic E-state index is 0.249. The Morgan fingerprint density at radius 1 is 1.45 bits per heavy atom. The van der Waals surface area contributed by atoms with Crippen molar-refractivity contribution < 1.29 is 9.53 Å². The van der Waals surface area contributed by atoms with Gasteiger partial charge in [0.15, 0.2) is 11.2 Å². The Kier molecular flexibility index (Phi) is 5.12. The largest absolute Gasteiger partial charge is 0.481 e. The van der Waals surface area contributed by atoms with Crippen LogP contribution < -0.4 is 10.1 Å². The Bertz CT molecular complexity index is 701. The normalized spacial score (nSPS) is 11.5. The van der Waals surface area contributed by atoms with Crippen LogP contribution in [0.1, 0.15) is 30.0 Å². The van der Waals surface area contributed by atoms with Gasteiger partial charge in [0.25, 0.3) is 5.91 Å². The molecule has 0 radical (unpaired) electrons. The van der Waals surface area contributed by atoms with Gasteiger partial charge in [0, 0.05) is 4.88 Å². The van der Waals surface area contributed by atoms with Crippen molar-refractivity contribution in [3.8, 4) is 11.8 Å². The lowest BCUT2D eigenvalue weighted by Gasteiger charge is -2.13. The third-order valence-corrected chi connectivity index (χ3v) is 4.05. The van der Waals surface area contributed by atoms with E-state index in [0.29, 0.717) is 16.4 Å². The van der Waals surface area contributed by atoms with Gasteiger partial charge in [0.1, 0.15) is 5.75 Å². The van der Waals surface area contributed by atoms with Crippen LogP contribution in [0.5, 0.6) is 5.75 Å². The van der Waals surface area contributed by atoms with Crippen LogP contribution in [-0.2, 0) is 11.2 Å². The summed E-state index contributed by atoms with van der Waals surface area (Å²) in [5.41, 5.74) is 1.55. The van der Waals surface area contributed by atoms with Crippen LogP contribution in [0.25, 0.3) is 0 Å². The van der Waals surface area contributed by atoms with Gasteiger partial charge in [0.2, 0.25) is 0 Å². The Balaban J connectivity index is 1.97. The van der Waals surface area contributed by atoms with Gasteiger partial charge in [-0.25, -0.2) is 4.98 Å². The summed E-state index contributed by atoms with van der Waals surface area (Å²) in [5.74, 6) is 0.298. The van der Waals surface area contributed by atoms with Gasteiger partial charge in [-0.2, -0.15) is 5.26 Å². The summed E-state index contributed by atoms with van der Waals surface area (Å²) >= 11 is 1.46. The SMILES string of the molecule is CCc1nc(NC(=O)[C@@H](C)Oc2ccc(C#N)cc2)sc1C. The lowest BCUT2D eigenvalue weighted by Crippen LogP contribution is -2.30. The van der Waals surface area contributed by atoms with E-state index in [1.54, 1.807) is 31.2 Å². The monoisotopic (exact) mass is 315 g/mol. The fourth-order valence-corrected chi connectivity index (χ4v) is 2.79. The summed E-state index contributed by atoms with van der Waals surface area (Å²) in [6.07, 6.45) is 0.192. The number of amides is 1. The van der Waals surface area contributed by atoms with Crippen molar-refractivity contribution in [1.82, 2.24) is 4.98 Å². The molecule has 22 heavy (non-hydrogen) atoms. The number of hydrogen-bond donors (Lipinski definition) is 1. The van der Waals surface area contributed by atoms with Gasteiger partial charge >= 0.3 is 0 Å². The van der Waals surface area contributed by atoms with E-state index in [1.165, 1.54) is 11.3 Å². The molecule has 114 valence electrons. The van der Waals surface area contributed by atoms with E-state index in [0.717, 1.165) is 17.0 Å². The van der Waals surface area contributed by atoms with Crippen molar-refractivity contribution in [2.24, 2.45) is 0 Å². The number of carbonyl (C=O) groups excluding carboxylic acids is 1. The van der Waals surface area contributed by atoms with E-state index in [9.17, 15) is 4.79 Å². The van der Waals surface area contributed by atoms with Crippen LogP contribution in [-0.4, -0.2) is 17.0 Å². The maximum absolute atomic E-state index is 12.1. The van der Waals surface area contributed by atoms with Crippen molar-refractivity contribution >= 4 is 22.4 Å². The van der Waals surface area contributed by atoms with Gasteiger partial charge in [-0.15, -0.1) is 11.3 Å². The summed E-state index contributed by atoms with van der Waals surface area (Å²) in [6, 6.07) is 8.68. The first-order chi connectivity index (χ1) is 10.5. The first kappa shape index (κ1) is 16.0. The molecule has 1 aromatic heterocycles. The lowest BCUT2D eigenvalue weighted by molar-refractivity contribution is -0.122. The van der Waals surface area contributed by atoms with E-state index >= 15 is 0 Å². The second-order valence-electron chi connectivity index (χ2n) is 4.76. The van der Waals surface area contributed by atoms with E-state index in [2.05, 4.69) is 10.3 Å². The first-order valence-electron chi connectivity index (χ1n) is 6.97. The van der Waals surface area contributed by atoms with Crippen LogP contribution in [0.4, 0.5) is 5.13 Å². The molecule has 0 aliphatic heterocycles. The number of ether oxygens (including phenoxy) is 1. The van der Waals surface area contributed by atoms with Crippen molar-refractivity contribution in [2.45, 2.75) is 33.3 Å². The molecule has 0 bridgehead atoms. The highest BCUT2D eigenvalue weighted by atomic mass is 32.1. The first-order valence-corrected chi connectivity index (χ1v) is 7.79. The standard InChI is InChI=1S/C16H17N3O2S/c1-4-14-11(3)22-16(18-14)19-15(20)10(2)21-13-7-5-12(9-17)6-8-13/h5-8,10H,4H2,1-3H3,(H,18,19,20)/t10-/m1/s1. The molecule has 0 saturated heterocycles. The quantitative estimate of drug-likeness (QED) is 0.918. The molecular weight excluding hydrogens is 298 g/mol. The van der Waals surface area contributed by atoms with E-state index < -0.39 is 6.10 Å². The predicted molar refractivity (Wildman–Crippen MR) is 86.1 cm³/mol. The molecular formula is C16H17N3O2S. The number of nitriles is 1. The number of anilines is 1. The number of carbonyl (C=O) groups is 1. The van der Waals surface area contributed by atoms with E-state index in [-0.39, 0.29) is 5.91 Å². The molecule has 1 atom stereocenters. The third kappa shape index (κ3) is 3.83. The molecule has 0 aliphatic carbocycles. The number of aryl methyl sites for hydroxylation is 2. The number of thiazole rings is 1. The highest BCUT2D eigenvalue weighted by Crippen LogP contribution is 2.22. The summed E-state index contributed by atoms with van der Waals surface area (Å²) in [6.45, 7) is 5.70. The summed E-state index contributed by atoms with van der Waals surface area (Å²) < 4.78 is 5.57. The van der Waals surface area contributed by atoms with Crippen LogP contribution in [0.2, 0.25) is 0 Å². The number of nitrogens with one attached hydrogen (secondary N) is 1. The number of nitrogens with zero attached hydrogens (tertiary/aromatic N) is 2. The van der Waals surface area contributed by atoms with Crippen molar-refractivity contribution in [3.63, 3.8) is 0 Å². The Morgan fingerprint density at radius 2 is 2.14 bits per heavy atom. The zero-order valence-electron chi connectivity index (χ0n) is 12.7. The Morgan fingerprint density at radius 3 is 2.68 bits per heavy atom. The van der Waals surface area contributed by atoms with Gasteiger partial charge < -0.3 is 4.74 Å². The maximum atomic E-state index is 12.1. The van der Waals surface area contributed by atoms with E-state index in [1.807, 2.05) is 19.9 Å². The minimum atomic E-state index is -0.651. The van der Waals surface area contributed by atoms with Crippen LogP contribution in [0, 0.1) is 18.3 Å². The summed E-state index contributed by atoms with van der Waals surface area (Å²) in [7, 11) is 0. The van der Waals surface area contributed by atoms with Gasteiger partial charge in [0.05, 0.1) is 17.3 Å². The average Bonchev–Trinajstić information content (AvgIpc) is 2.87. The summed E-state index contributed by atoms with van der Waals surface area (Å²) in [5, 5.41) is 12.1. The van der Waals surface area contributed by atoms with Gasteiger partial charge in [-0.3, -0.25) is 10.1 Å². The molecule has 0 spiro atoms. The molecule has 0 unspecified atom stereocenters. The molecule has 0 saturated carbocycles. The topological polar surface area (TPSA) is 75.0 Å². The van der Waals surface area contributed by atoms with Crippen molar-refractivity contribution in [1.29, 1.82) is 5.26 Å². The smallest absolute Gasteiger partial charge is 0.266 e. The molecule has 1 N–H and O–H groups in total. The van der Waals surface area contributed by atoms with Crippen LogP contribution in [0.3, 0.4) is 0 Å². The second kappa shape index (κ2) is 7.05. The van der Waals surface area contributed by atoms with Crippen LogP contribution >= 0.6 is 11.3 Å². The maximum Gasteiger partial charge on any atom is 0.266 e. The molecule has 1 heterocycles. The second-order valence-corrected chi connectivity index (χ2v) is 5.96. The fourth-order valence-electron chi connectivity index (χ4n) is 1.88. The molecule has 0 aliphatic rings. The average molecular weight is 315 g/mol. The number of benzene rings is 1. The van der Waals surface area contributed by atoms with Gasteiger partial charge in [-0.05, 0) is 44.5 Å². The Hall–Kier alpha value is -2.39. The zero-order valence-corrected chi connectivity index (χ0v) is 13.5. The third-order valence-electron chi connectivity index (χ3n) is 3.12. The van der Waals surface area contributed by atoms with Gasteiger partial charge in [-0.1, -0.05) is 6.92 Å². The summed E-state index contributed by atoms with van der Waals surface area (Å²) in [4.78, 5) is 17.6. The Labute approximate surface area is 133 Å². The minimum Gasteiger partial charge on any atom is -0.481 e. The molecule has 5 nitrogen and oxygen atoms in total. The van der Waals surface area contributed by atoms with Crippen molar-refractivity contribution in [2.75, 3.05) is 5.32 Å².